The van der Waals surface area contributed by atoms with Gasteiger partial charge in [-0.15, -0.1) is 0 Å². The Morgan fingerprint density at radius 1 is 1.04 bits per heavy atom. The van der Waals surface area contributed by atoms with E-state index in [9.17, 15) is 9.59 Å². The van der Waals surface area contributed by atoms with E-state index in [0.29, 0.717) is 42.0 Å². The van der Waals surface area contributed by atoms with Gasteiger partial charge in [-0.25, -0.2) is 0 Å². The molecule has 124 valence electrons. The molecule has 0 N–H and O–H groups in total. The third-order valence-corrected chi connectivity index (χ3v) is 4.46. The molecule has 1 aromatic rings. The van der Waals surface area contributed by atoms with Crippen LogP contribution in [-0.2, 0) is 9.59 Å². The second-order valence-electron chi connectivity index (χ2n) is 4.90. The van der Waals surface area contributed by atoms with Gasteiger partial charge in [-0.2, -0.15) is 0 Å². The maximum Gasteiger partial charge on any atom is 0.260 e. The van der Waals surface area contributed by atoms with Crippen molar-refractivity contribution >= 4 is 46.6 Å². The van der Waals surface area contributed by atoms with Crippen LogP contribution < -0.4 is 4.74 Å². The summed E-state index contributed by atoms with van der Waals surface area (Å²) in [6.07, 6.45) is 1.27. The number of benzene rings is 1. The standard InChI is InChI=1S/C15H15Cl3N2O3/c1-2-14(21)19-3-5-20(6-4-19)15(22)9-23-13-8-11(17)10(16)7-12(13)18/h2,7-8H,1,3-6,9H2. The van der Waals surface area contributed by atoms with Gasteiger partial charge in [0, 0.05) is 32.2 Å². The summed E-state index contributed by atoms with van der Waals surface area (Å²) in [5.41, 5.74) is 0. The number of amides is 2. The highest BCUT2D eigenvalue weighted by molar-refractivity contribution is 6.43. The Balaban J connectivity index is 1.88. The van der Waals surface area contributed by atoms with E-state index in [-0.39, 0.29) is 23.4 Å². The highest BCUT2D eigenvalue weighted by Crippen LogP contribution is 2.33. The molecule has 0 aromatic heterocycles. The van der Waals surface area contributed by atoms with Crippen molar-refractivity contribution in [1.82, 2.24) is 9.80 Å². The van der Waals surface area contributed by atoms with Gasteiger partial charge in [0.1, 0.15) is 5.75 Å². The van der Waals surface area contributed by atoms with Crippen LogP contribution in [0.5, 0.6) is 5.75 Å². The molecular weight excluding hydrogens is 363 g/mol. The van der Waals surface area contributed by atoms with Crippen molar-refractivity contribution in [3.63, 3.8) is 0 Å². The van der Waals surface area contributed by atoms with Gasteiger partial charge in [0.15, 0.2) is 6.61 Å². The zero-order valence-electron chi connectivity index (χ0n) is 12.2. The Labute approximate surface area is 149 Å². The van der Waals surface area contributed by atoms with Crippen LogP contribution >= 0.6 is 34.8 Å². The zero-order valence-corrected chi connectivity index (χ0v) is 14.5. The fourth-order valence-corrected chi connectivity index (χ4v) is 2.74. The molecule has 1 saturated heterocycles. The Hall–Kier alpha value is -1.43. The van der Waals surface area contributed by atoms with E-state index in [0.717, 1.165) is 0 Å². The van der Waals surface area contributed by atoms with Crippen LogP contribution in [0.25, 0.3) is 0 Å². The van der Waals surface area contributed by atoms with Gasteiger partial charge in [-0.3, -0.25) is 9.59 Å². The number of nitrogens with zero attached hydrogens (tertiary/aromatic N) is 2. The minimum Gasteiger partial charge on any atom is -0.482 e. The molecule has 0 aliphatic carbocycles. The fraction of sp³-hybridized carbons (Fsp3) is 0.333. The lowest BCUT2D eigenvalue weighted by Gasteiger charge is -2.34. The summed E-state index contributed by atoms with van der Waals surface area (Å²) in [4.78, 5) is 26.9. The van der Waals surface area contributed by atoms with Gasteiger partial charge in [-0.05, 0) is 12.1 Å². The first kappa shape index (κ1) is 17.9. The number of ether oxygens (including phenoxy) is 1. The van der Waals surface area contributed by atoms with Crippen LogP contribution in [0.3, 0.4) is 0 Å². The summed E-state index contributed by atoms with van der Waals surface area (Å²) in [7, 11) is 0. The number of hydrogen-bond donors (Lipinski definition) is 0. The van der Waals surface area contributed by atoms with Crippen molar-refractivity contribution in [1.29, 1.82) is 0 Å². The van der Waals surface area contributed by atoms with Gasteiger partial charge in [0.2, 0.25) is 5.91 Å². The third-order valence-electron chi connectivity index (χ3n) is 3.44. The molecule has 1 aliphatic rings. The first-order valence-electron chi connectivity index (χ1n) is 6.89. The van der Waals surface area contributed by atoms with Crippen molar-refractivity contribution in [2.24, 2.45) is 0 Å². The number of piperazine rings is 1. The number of rotatable bonds is 4. The molecular formula is C15H15Cl3N2O3. The molecule has 1 aliphatic heterocycles. The lowest BCUT2D eigenvalue weighted by atomic mass is 10.3. The summed E-state index contributed by atoms with van der Waals surface area (Å²) in [5, 5.41) is 0.905. The highest BCUT2D eigenvalue weighted by atomic mass is 35.5. The summed E-state index contributed by atoms with van der Waals surface area (Å²) >= 11 is 17.7. The van der Waals surface area contributed by atoms with Crippen LogP contribution in [0.2, 0.25) is 15.1 Å². The van der Waals surface area contributed by atoms with E-state index in [4.69, 9.17) is 39.5 Å². The van der Waals surface area contributed by atoms with Crippen LogP contribution in [0.15, 0.2) is 24.8 Å². The van der Waals surface area contributed by atoms with E-state index >= 15 is 0 Å². The molecule has 0 saturated carbocycles. The molecule has 23 heavy (non-hydrogen) atoms. The molecule has 0 bridgehead atoms. The van der Waals surface area contributed by atoms with E-state index in [1.807, 2.05) is 0 Å². The number of halogens is 3. The molecule has 0 atom stereocenters. The Morgan fingerprint density at radius 2 is 1.61 bits per heavy atom. The molecule has 8 heteroatoms. The third kappa shape index (κ3) is 4.53. The lowest BCUT2D eigenvalue weighted by molar-refractivity contribution is -0.138. The molecule has 0 radical (unpaired) electrons. The van der Waals surface area contributed by atoms with Crippen molar-refractivity contribution in [3.8, 4) is 5.75 Å². The smallest absolute Gasteiger partial charge is 0.260 e. The first-order valence-corrected chi connectivity index (χ1v) is 8.02. The van der Waals surface area contributed by atoms with Crippen LogP contribution in [0.4, 0.5) is 0 Å². The van der Waals surface area contributed by atoms with Crippen molar-refractivity contribution in [3.05, 3.63) is 39.9 Å². The molecule has 1 fully saturated rings. The number of carbonyl (C=O) groups is 2. The predicted molar refractivity (Wildman–Crippen MR) is 90.3 cm³/mol. The van der Waals surface area contributed by atoms with E-state index in [1.165, 1.54) is 18.2 Å². The molecule has 1 heterocycles. The van der Waals surface area contributed by atoms with Gasteiger partial charge in [0.05, 0.1) is 15.1 Å². The monoisotopic (exact) mass is 376 g/mol. The number of carbonyl (C=O) groups excluding carboxylic acids is 2. The largest absolute Gasteiger partial charge is 0.482 e. The second-order valence-corrected chi connectivity index (χ2v) is 6.12. The van der Waals surface area contributed by atoms with Crippen LogP contribution in [0.1, 0.15) is 0 Å². The van der Waals surface area contributed by atoms with Crippen LogP contribution in [-0.4, -0.2) is 54.4 Å². The second kappa shape index (κ2) is 7.90. The summed E-state index contributed by atoms with van der Waals surface area (Å²) in [6, 6.07) is 2.94. The maximum atomic E-state index is 12.2. The van der Waals surface area contributed by atoms with Gasteiger partial charge in [-0.1, -0.05) is 41.4 Å². The SMILES string of the molecule is C=CC(=O)N1CCN(C(=O)COc2cc(Cl)c(Cl)cc2Cl)CC1. The van der Waals surface area contributed by atoms with Gasteiger partial charge >= 0.3 is 0 Å². The predicted octanol–water partition coefficient (Wildman–Crippen LogP) is 2.88. The summed E-state index contributed by atoms with van der Waals surface area (Å²) in [6.45, 7) is 5.15. The van der Waals surface area contributed by atoms with Gasteiger partial charge < -0.3 is 14.5 Å². The Bertz CT molecular complexity index is 629. The van der Waals surface area contributed by atoms with Crippen molar-refractivity contribution < 1.29 is 14.3 Å². The quantitative estimate of drug-likeness (QED) is 0.599. The molecule has 1 aromatic carbocycles. The average Bonchev–Trinajstić information content (AvgIpc) is 2.56. The highest BCUT2D eigenvalue weighted by Gasteiger charge is 2.23. The normalized spacial score (nSPS) is 14.6. The molecule has 2 rings (SSSR count). The van der Waals surface area contributed by atoms with E-state index in [1.54, 1.807) is 9.80 Å². The molecule has 0 spiro atoms. The maximum absolute atomic E-state index is 12.2. The zero-order chi connectivity index (χ0) is 17.0. The minimum atomic E-state index is -0.183. The minimum absolute atomic E-state index is 0.129. The first-order chi connectivity index (χ1) is 10.9. The van der Waals surface area contributed by atoms with E-state index < -0.39 is 0 Å². The topological polar surface area (TPSA) is 49.9 Å². The Morgan fingerprint density at radius 3 is 2.22 bits per heavy atom. The average molecular weight is 378 g/mol. The van der Waals surface area contributed by atoms with Crippen LogP contribution in [0, 0.1) is 0 Å². The summed E-state index contributed by atoms with van der Waals surface area (Å²) < 4.78 is 5.42. The lowest BCUT2D eigenvalue weighted by Crippen LogP contribution is -2.51. The molecule has 5 nitrogen and oxygen atoms in total. The Kier molecular flexibility index (Phi) is 6.16. The van der Waals surface area contributed by atoms with E-state index in [2.05, 4.69) is 6.58 Å². The molecule has 0 unspecified atom stereocenters. The van der Waals surface area contributed by atoms with Crippen molar-refractivity contribution in [2.45, 2.75) is 0 Å². The summed E-state index contributed by atoms with van der Waals surface area (Å²) in [5.74, 6) is -0.0105. The van der Waals surface area contributed by atoms with Crippen molar-refractivity contribution in [2.75, 3.05) is 32.8 Å². The fourth-order valence-electron chi connectivity index (χ4n) is 2.15. The number of hydrogen-bond acceptors (Lipinski definition) is 3. The van der Waals surface area contributed by atoms with Gasteiger partial charge in [0.25, 0.3) is 5.91 Å². The molecule has 2 amide bonds.